The van der Waals surface area contributed by atoms with Crippen molar-refractivity contribution in [3.05, 3.63) is 18.6 Å². The van der Waals surface area contributed by atoms with Gasteiger partial charge < -0.3 is 15.1 Å². The fraction of sp³-hybridized carbons (Fsp3) is 0.727. The molecule has 2 saturated heterocycles. The molecule has 3 heterocycles. The molecular formula is C22H34N6O2. The Labute approximate surface area is 179 Å². The lowest BCUT2D eigenvalue weighted by Gasteiger charge is -2.36. The Morgan fingerprint density at radius 3 is 2.33 bits per heavy atom. The number of amides is 2. The van der Waals surface area contributed by atoms with Crippen molar-refractivity contribution in [2.75, 3.05) is 57.3 Å². The van der Waals surface area contributed by atoms with Gasteiger partial charge in [0.05, 0.1) is 6.20 Å². The number of nitrogens with one attached hydrogen (secondary N) is 1. The van der Waals surface area contributed by atoms with Crippen LogP contribution in [0.1, 0.15) is 38.5 Å². The molecule has 0 unspecified atom stereocenters. The van der Waals surface area contributed by atoms with Gasteiger partial charge in [-0.2, -0.15) is 0 Å². The van der Waals surface area contributed by atoms with Crippen LogP contribution in [0.4, 0.5) is 5.82 Å². The Morgan fingerprint density at radius 2 is 1.67 bits per heavy atom. The van der Waals surface area contributed by atoms with Gasteiger partial charge in [0.1, 0.15) is 5.82 Å². The lowest BCUT2D eigenvalue weighted by molar-refractivity contribution is -0.137. The normalized spacial score (nSPS) is 21.7. The summed E-state index contributed by atoms with van der Waals surface area (Å²) in [5.41, 5.74) is 0. The highest BCUT2D eigenvalue weighted by atomic mass is 16.2. The molecule has 1 saturated carbocycles. The maximum Gasteiger partial charge on any atom is 0.225 e. The fourth-order valence-electron chi connectivity index (χ4n) is 4.93. The number of rotatable bonds is 6. The number of carbonyl (C=O) groups is 2. The maximum atomic E-state index is 12.5. The van der Waals surface area contributed by atoms with Gasteiger partial charge in [-0.1, -0.05) is 12.8 Å². The average Bonchev–Trinajstić information content (AvgIpc) is 3.35. The van der Waals surface area contributed by atoms with Crippen LogP contribution in [0.25, 0.3) is 0 Å². The Morgan fingerprint density at radius 1 is 0.933 bits per heavy atom. The number of anilines is 1. The van der Waals surface area contributed by atoms with Crippen LogP contribution in [0.3, 0.4) is 0 Å². The van der Waals surface area contributed by atoms with Crippen molar-refractivity contribution in [3.8, 4) is 0 Å². The molecule has 164 valence electrons. The second-order valence-corrected chi connectivity index (χ2v) is 8.76. The molecule has 0 spiro atoms. The summed E-state index contributed by atoms with van der Waals surface area (Å²) in [5, 5.41) is 3.13. The van der Waals surface area contributed by atoms with Crippen molar-refractivity contribution in [2.24, 2.45) is 11.8 Å². The van der Waals surface area contributed by atoms with Crippen LogP contribution in [-0.4, -0.2) is 83.9 Å². The van der Waals surface area contributed by atoms with Gasteiger partial charge in [0.25, 0.3) is 0 Å². The average molecular weight is 415 g/mol. The van der Waals surface area contributed by atoms with E-state index in [0.717, 1.165) is 77.3 Å². The first-order valence-corrected chi connectivity index (χ1v) is 11.5. The highest BCUT2D eigenvalue weighted by Gasteiger charge is 2.29. The van der Waals surface area contributed by atoms with Crippen molar-refractivity contribution in [2.45, 2.75) is 38.5 Å². The summed E-state index contributed by atoms with van der Waals surface area (Å²) in [4.78, 5) is 40.2. The minimum Gasteiger partial charge on any atom is -0.355 e. The predicted molar refractivity (Wildman–Crippen MR) is 115 cm³/mol. The SMILES string of the molecule is O=C(NCCN1CCN(C(=O)C2CCCC2)CC1)C1CCN(c2cnccn2)CC1. The van der Waals surface area contributed by atoms with E-state index in [-0.39, 0.29) is 17.7 Å². The first kappa shape index (κ1) is 21.0. The number of hydrogen-bond acceptors (Lipinski definition) is 6. The third kappa shape index (κ3) is 5.28. The quantitative estimate of drug-likeness (QED) is 0.752. The summed E-state index contributed by atoms with van der Waals surface area (Å²) in [6.07, 6.45) is 11.4. The van der Waals surface area contributed by atoms with E-state index in [0.29, 0.717) is 12.5 Å². The lowest BCUT2D eigenvalue weighted by atomic mass is 9.96. The third-order valence-corrected chi connectivity index (χ3v) is 6.85. The van der Waals surface area contributed by atoms with Gasteiger partial charge in [0, 0.05) is 76.6 Å². The van der Waals surface area contributed by atoms with Crippen LogP contribution in [-0.2, 0) is 9.59 Å². The number of piperidine rings is 1. The number of nitrogens with zero attached hydrogens (tertiary/aromatic N) is 5. The second kappa shape index (κ2) is 10.2. The standard InChI is InChI=1S/C22H34N6O2/c29-21(18-5-10-27(11-6-18)20-17-23-7-8-24-20)25-9-12-26-13-15-28(16-14-26)22(30)19-3-1-2-4-19/h7-8,17-19H,1-6,9-16H2,(H,25,29). The van der Waals surface area contributed by atoms with Gasteiger partial charge in [-0.05, 0) is 25.7 Å². The van der Waals surface area contributed by atoms with E-state index >= 15 is 0 Å². The Bertz CT molecular complexity index is 693. The van der Waals surface area contributed by atoms with Crippen LogP contribution < -0.4 is 10.2 Å². The van der Waals surface area contributed by atoms with Crippen LogP contribution in [0.5, 0.6) is 0 Å². The number of aromatic nitrogens is 2. The van der Waals surface area contributed by atoms with Gasteiger partial charge in [-0.3, -0.25) is 19.5 Å². The van der Waals surface area contributed by atoms with Gasteiger partial charge in [-0.15, -0.1) is 0 Å². The smallest absolute Gasteiger partial charge is 0.225 e. The summed E-state index contributed by atoms with van der Waals surface area (Å²) in [6, 6.07) is 0. The van der Waals surface area contributed by atoms with E-state index < -0.39 is 0 Å². The molecule has 0 radical (unpaired) electrons. The largest absolute Gasteiger partial charge is 0.355 e. The van der Waals surface area contributed by atoms with Gasteiger partial charge in [0.15, 0.2) is 0 Å². The molecule has 3 fully saturated rings. The molecule has 0 bridgehead atoms. The predicted octanol–water partition coefficient (Wildman–Crippen LogP) is 1.14. The number of hydrogen-bond donors (Lipinski definition) is 1. The van der Waals surface area contributed by atoms with E-state index in [9.17, 15) is 9.59 Å². The summed E-state index contributed by atoms with van der Waals surface area (Å²) in [7, 11) is 0. The molecule has 1 aromatic rings. The third-order valence-electron chi connectivity index (χ3n) is 6.85. The number of piperazine rings is 1. The molecule has 0 atom stereocenters. The molecule has 2 aliphatic heterocycles. The lowest BCUT2D eigenvalue weighted by Crippen LogP contribution is -2.51. The fourth-order valence-corrected chi connectivity index (χ4v) is 4.93. The highest BCUT2D eigenvalue weighted by molar-refractivity contribution is 5.79. The van der Waals surface area contributed by atoms with E-state index in [4.69, 9.17) is 0 Å². The van der Waals surface area contributed by atoms with Crippen molar-refractivity contribution >= 4 is 17.6 Å². The molecule has 1 aromatic heterocycles. The minimum atomic E-state index is 0.0822. The van der Waals surface area contributed by atoms with Crippen molar-refractivity contribution in [1.29, 1.82) is 0 Å². The molecular weight excluding hydrogens is 380 g/mol. The summed E-state index contributed by atoms with van der Waals surface area (Å²) in [5.74, 6) is 1.79. The highest BCUT2D eigenvalue weighted by Crippen LogP contribution is 2.27. The van der Waals surface area contributed by atoms with Crippen molar-refractivity contribution in [3.63, 3.8) is 0 Å². The summed E-state index contributed by atoms with van der Waals surface area (Å²) in [6.45, 7) is 6.68. The van der Waals surface area contributed by atoms with E-state index in [1.807, 2.05) is 0 Å². The Kier molecular flexibility index (Phi) is 7.15. The van der Waals surface area contributed by atoms with Gasteiger partial charge in [0.2, 0.25) is 11.8 Å². The molecule has 2 amide bonds. The topological polar surface area (TPSA) is 81.7 Å². The monoisotopic (exact) mass is 414 g/mol. The number of carbonyl (C=O) groups excluding carboxylic acids is 2. The van der Waals surface area contributed by atoms with Crippen molar-refractivity contribution in [1.82, 2.24) is 25.1 Å². The summed E-state index contributed by atoms with van der Waals surface area (Å²) < 4.78 is 0. The Balaban J connectivity index is 1.11. The molecule has 4 rings (SSSR count). The van der Waals surface area contributed by atoms with Crippen LogP contribution in [0.15, 0.2) is 18.6 Å². The molecule has 0 aromatic carbocycles. The zero-order valence-corrected chi connectivity index (χ0v) is 17.8. The van der Waals surface area contributed by atoms with Gasteiger partial charge in [-0.25, -0.2) is 4.98 Å². The zero-order valence-electron chi connectivity index (χ0n) is 17.8. The summed E-state index contributed by atoms with van der Waals surface area (Å²) >= 11 is 0. The first-order valence-electron chi connectivity index (χ1n) is 11.5. The van der Waals surface area contributed by atoms with E-state index in [2.05, 4.69) is 30.0 Å². The maximum absolute atomic E-state index is 12.5. The molecule has 1 N–H and O–H groups in total. The van der Waals surface area contributed by atoms with Crippen LogP contribution in [0, 0.1) is 11.8 Å². The first-order chi connectivity index (χ1) is 14.7. The van der Waals surface area contributed by atoms with Crippen LogP contribution in [0.2, 0.25) is 0 Å². The van der Waals surface area contributed by atoms with Crippen molar-refractivity contribution < 1.29 is 9.59 Å². The molecule has 3 aliphatic rings. The minimum absolute atomic E-state index is 0.0822. The molecule has 30 heavy (non-hydrogen) atoms. The molecule has 8 nitrogen and oxygen atoms in total. The Hall–Kier alpha value is -2.22. The van der Waals surface area contributed by atoms with Gasteiger partial charge >= 0.3 is 0 Å². The second-order valence-electron chi connectivity index (χ2n) is 8.76. The molecule has 1 aliphatic carbocycles. The van der Waals surface area contributed by atoms with E-state index in [1.165, 1.54) is 12.8 Å². The zero-order chi connectivity index (χ0) is 20.8. The van der Waals surface area contributed by atoms with Crippen LogP contribution >= 0.6 is 0 Å². The molecule has 8 heteroatoms. The van der Waals surface area contributed by atoms with E-state index in [1.54, 1.807) is 18.6 Å².